The molecule has 0 aliphatic carbocycles. The lowest BCUT2D eigenvalue weighted by Gasteiger charge is -2.26. The van der Waals surface area contributed by atoms with E-state index >= 15 is 0 Å². The Morgan fingerprint density at radius 3 is 2.71 bits per heavy atom. The normalized spacial score (nSPS) is 20.9. The second kappa shape index (κ2) is 4.01. The summed E-state index contributed by atoms with van der Waals surface area (Å²) in [6, 6.07) is 0. The van der Waals surface area contributed by atoms with Gasteiger partial charge in [0.15, 0.2) is 0 Å². The number of nitrogen functional groups attached to an aromatic ring is 1. The van der Waals surface area contributed by atoms with Crippen molar-refractivity contribution in [1.29, 1.82) is 0 Å². The molecule has 2 heterocycles. The largest absolute Gasteiger partial charge is 0.366 e. The zero-order valence-electron chi connectivity index (χ0n) is 10.5. The van der Waals surface area contributed by atoms with Crippen LogP contribution in [0, 0.1) is 11.3 Å². The molecule has 94 valence electrons. The van der Waals surface area contributed by atoms with Crippen LogP contribution in [0.25, 0.3) is 0 Å². The molecule has 1 unspecified atom stereocenters. The van der Waals surface area contributed by atoms with Crippen molar-refractivity contribution >= 4 is 11.9 Å². The van der Waals surface area contributed by atoms with Crippen LogP contribution in [0.5, 0.6) is 0 Å². The van der Waals surface area contributed by atoms with E-state index in [9.17, 15) is 4.79 Å². The molecule has 0 radical (unpaired) electrons. The Hall–Kier alpha value is -1.59. The van der Waals surface area contributed by atoms with Gasteiger partial charge in [-0.3, -0.25) is 9.89 Å². The van der Waals surface area contributed by atoms with Crippen molar-refractivity contribution < 1.29 is 4.79 Å². The first-order valence-electron chi connectivity index (χ1n) is 5.85. The maximum Gasteiger partial charge on any atom is 0.291 e. The third kappa shape index (κ3) is 2.40. The fourth-order valence-corrected chi connectivity index (χ4v) is 2.17. The lowest BCUT2D eigenvalue weighted by atomic mass is 9.80. The Kier molecular flexibility index (Phi) is 2.81. The average molecular weight is 237 g/mol. The van der Waals surface area contributed by atoms with Gasteiger partial charge in [0.25, 0.3) is 5.91 Å². The summed E-state index contributed by atoms with van der Waals surface area (Å²) < 4.78 is 0. The van der Waals surface area contributed by atoms with Crippen LogP contribution in [0.4, 0.5) is 5.95 Å². The Bertz CT molecular complexity index is 420. The minimum Gasteiger partial charge on any atom is -0.366 e. The van der Waals surface area contributed by atoms with Crippen molar-refractivity contribution in [3.8, 4) is 0 Å². The number of nitrogens with one attached hydrogen (secondary N) is 1. The highest BCUT2D eigenvalue weighted by atomic mass is 16.2. The maximum atomic E-state index is 12.1. The highest BCUT2D eigenvalue weighted by Crippen LogP contribution is 2.33. The molecule has 1 fully saturated rings. The van der Waals surface area contributed by atoms with E-state index in [2.05, 4.69) is 36.0 Å². The smallest absolute Gasteiger partial charge is 0.291 e. The van der Waals surface area contributed by atoms with Gasteiger partial charge in [-0.1, -0.05) is 20.8 Å². The first-order valence-corrected chi connectivity index (χ1v) is 5.85. The van der Waals surface area contributed by atoms with Gasteiger partial charge in [0.05, 0.1) is 0 Å². The summed E-state index contributed by atoms with van der Waals surface area (Å²) in [5, 5.41) is 6.23. The quantitative estimate of drug-likeness (QED) is 0.759. The molecule has 1 saturated heterocycles. The van der Waals surface area contributed by atoms with Crippen LogP contribution in [0.2, 0.25) is 0 Å². The van der Waals surface area contributed by atoms with Gasteiger partial charge in [-0.25, -0.2) is 0 Å². The van der Waals surface area contributed by atoms with Gasteiger partial charge < -0.3 is 10.6 Å². The number of nitrogens with zero attached hydrogens (tertiary/aromatic N) is 3. The molecule has 17 heavy (non-hydrogen) atoms. The van der Waals surface area contributed by atoms with Crippen molar-refractivity contribution in [2.75, 3.05) is 18.8 Å². The SMILES string of the molecule is CC(C)(C)C1CCN(C(=O)c2nc(N)n[nH]2)C1. The van der Waals surface area contributed by atoms with Crippen molar-refractivity contribution in [3.05, 3.63) is 5.82 Å². The number of nitrogens with two attached hydrogens (primary N) is 1. The number of hydrogen-bond acceptors (Lipinski definition) is 4. The predicted molar refractivity (Wildman–Crippen MR) is 64.3 cm³/mol. The number of H-pyrrole nitrogens is 1. The zero-order valence-corrected chi connectivity index (χ0v) is 10.5. The molecule has 1 aromatic rings. The summed E-state index contributed by atoms with van der Waals surface area (Å²) in [5.41, 5.74) is 5.62. The molecule has 1 aliphatic rings. The topological polar surface area (TPSA) is 87.9 Å². The van der Waals surface area contributed by atoms with Crippen LogP contribution in [-0.2, 0) is 0 Å². The van der Waals surface area contributed by atoms with E-state index in [1.807, 2.05) is 4.90 Å². The summed E-state index contributed by atoms with van der Waals surface area (Å²) in [6.45, 7) is 8.18. The lowest BCUT2D eigenvalue weighted by Crippen LogP contribution is -2.31. The minimum absolute atomic E-state index is 0.110. The molecule has 6 heteroatoms. The molecule has 0 saturated carbocycles. The van der Waals surface area contributed by atoms with Crippen molar-refractivity contribution in [1.82, 2.24) is 20.1 Å². The van der Waals surface area contributed by atoms with Crippen molar-refractivity contribution in [2.24, 2.45) is 11.3 Å². The minimum atomic E-state index is -0.110. The van der Waals surface area contributed by atoms with Crippen molar-refractivity contribution in [3.63, 3.8) is 0 Å². The average Bonchev–Trinajstić information content (AvgIpc) is 2.83. The molecule has 1 aliphatic heterocycles. The van der Waals surface area contributed by atoms with E-state index in [1.54, 1.807) is 0 Å². The van der Waals surface area contributed by atoms with Crippen LogP contribution < -0.4 is 5.73 Å². The number of aromatic amines is 1. The van der Waals surface area contributed by atoms with Crippen LogP contribution in [0.1, 0.15) is 37.8 Å². The Labute approximate surface area is 101 Å². The highest BCUT2D eigenvalue weighted by molar-refractivity contribution is 5.90. The van der Waals surface area contributed by atoms with E-state index < -0.39 is 0 Å². The molecule has 1 aromatic heterocycles. The summed E-state index contributed by atoms with van der Waals surface area (Å²) in [4.78, 5) is 17.7. The summed E-state index contributed by atoms with van der Waals surface area (Å²) in [5.74, 6) is 0.768. The van der Waals surface area contributed by atoms with Crippen molar-refractivity contribution in [2.45, 2.75) is 27.2 Å². The van der Waals surface area contributed by atoms with E-state index in [0.717, 1.165) is 19.5 Å². The Morgan fingerprint density at radius 1 is 1.53 bits per heavy atom. The standard InChI is InChI=1S/C11H19N5O/c1-11(2,3)7-4-5-16(6-7)9(17)8-13-10(12)15-14-8/h7H,4-6H2,1-3H3,(H3,12,13,14,15). The molecule has 0 spiro atoms. The summed E-state index contributed by atoms with van der Waals surface area (Å²) in [6.07, 6.45) is 1.04. The fraction of sp³-hybridized carbons (Fsp3) is 0.727. The second-order valence-electron chi connectivity index (χ2n) is 5.65. The number of likely N-dealkylation sites (tertiary alicyclic amines) is 1. The number of carbonyl (C=O) groups is 1. The van der Waals surface area contributed by atoms with Gasteiger partial charge in [0, 0.05) is 13.1 Å². The second-order valence-corrected chi connectivity index (χ2v) is 5.65. The first kappa shape index (κ1) is 11.9. The third-order valence-corrected chi connectivity index (χ3v) is 3.41. The van der Waals surface area contributed by atoms with E-state index in [1.165, 1.54) is 0 Å². The van der Waals surface area contributed by atoms with Crippen LogP contribution in [-0.4, -0.2) is 39.1 Å². The number of amides is 1. The maximum absolute atomic E-state index is 12.1. The molecule has 1 amide bonds. The number of hydrogen-bond donors (Lipinski definition) is 2. The number of anilines is 1. The van der Waals surface area contributed by atoms with E-state index in [-0.39, 0.29) is 23.1 Å². The van der Waals surface area contributed by atoms with Gasteiger partial charge in [0.2, 0.25) is 11.8 Å². The van der Waals surface area contributed by atoms with Crippen LogP contribution >= 0.6 is 0 Å². The molecule has 6 nitrogen and oxygen atoms in total. The summed E-state index contributed by atoms with van der Waals surface area (Å²) in [7, 11) is 0. The number of aromatic nitrogens is 3. The number of carbonyl (C=O) groups excluding carboxylic acids is 1. The molecular formula is C11H19N5O. The third-order valence-electron chi connectivity index (χ3n) is 3.41. The van der Waals surface area contributed by atoms with Crippen LogP contribution in [0.15, 0.2) is 0 Å². The molecule has 1 atom stereocenters. The predicted octanol–water partition coefficient (Wildman–Crippen LogP) is 0.895. The van der Waals surface area contributed by atoms with Gasteiger partial charge in [0.1, 0.15) is 0 Å². The monoisotopic (exact) mass is 237 g/mol. The fourth-order valence-electron chi connectivity index (χ4n) is 2.17. The summed E-state index contributed by atoms with van der Waals surface area (Å²) >= 11 is 0. The Morgan fingerprint density at radius 2 is 2.24 bits per heavy atom. The van der Waals surface area contributed by atoms with E-state index in [0.29, 0.717) is 5.92 Å². The van der Waals surface area contributed by atoms with Gasteiger partial charge in [-0.2, -0.15) is 4.98 Å². The van der Waals surface area contributed by atoms with E-state index in [4.69, 9.17) is 5.73 Å². The Balaban J connectivity index is 2.04. The first-order chi connectivity index (χ1) is 7.88. The molecular weight excluding hydrogens is 218 g/mol. The molecule has 0 bridgehead atoms. The van der Waals surface area contributed by atoms with Gasteiger partial charge in [-0.15, -0.1) is 5.10 Å². The zero-order chi connectivity index (χ0) is 12.6. The molecule has 2 rings (SSSR count). The highest BCUT2D eigenvalue weighted by Gasteiger charge is 2.34. The molecule has 0 aromatic carbocycles. The van der Waals surface area contributed by atoms with Crippen LogP contribution in [0.3, 0.4) is 0 Å². The number of rotatable bonds is 1. The van der Waals surface area contributed by atoms with Gasteiger partial charge in [-0.05, 0) is 17.8 Å². The van der Waals surface area contributed by atoms with Gasteiger partial charge >= 0.3 is 0 Å². The molecule has 3 N–H and O–H groups in total. The lowest BCUT2D eigenvalue weighted by molar-refractivity contribution is 0.0765.